The van der Waals surface area contributed by atoms with Gasteiger partial charge in [-0.3, -0.25) is 4.79 Å². The van der Waals surface area contributed by atoms with Crippen molar-refractivity contribution < 1.29 is 27.1 Å². The second-order valence-corrected chi connectivity index (χ2v) is 13.0. The first-order valence-corrected chi connectivity index (χ1v) is 15.0. The van der Waals surface area contributed by atoms with E-state index in [4.69, 9.17) is 9.16 Å². The Bertz CT molecular complexity index is 1080. The number of aryl methyl sites for hydroxylation is 1. The Hall–Kier alpha value is -2.36. The number of hydrogen-bond donors (Lipinski definition) is 1. The molecular weight excluding hydrogens is 485 g/mol. The SMILES string of the molecule is COc1cc(C(=O)N2CCNC[C@@H]2C(O[SiH](C)C)c2ccc(C)c(C(C)(C)C)c2)cc(C(F)(F)F)c1. The Morgan fingerprint density at radius 3 is 2.42 bits per heavy atom. The number of nitrogens with zero attached hydrogens (tertiary/aromatic N) is 1. The lowest BCUT2D eigenvalue weighted by Gasteiger charge is -2.42. The number of benzene rings is 2. The summed E-state index contributed by atoms with van der Waals surface area (Å²) in [5, 5.41) is 3.35. The van der Waals surface area contributed by atoms with Gasteiger partial charge >= 0.3 is 6.18 Å². The van der Waals surface area contributed by atoms with Gasteiger partial charge in [0.25, 0.3) is 5.91 Å². The second-order valence-electron chi connectivity index (χ2n) is 10.6. The van der Waals surface area contributed by atoms with Gasteiger partial charge in [-0.15, -0.1) is 0 Å². The van der Waals surface area contributed by atoms with Crippen LogP contribution >= 0.6 is 0 Å². The zero-order valence-electron chi connectivity index (χ0n) is 22.1. The molecule has 1 unspecified atom stereocenters. The standard InChI is InChI=1S/C27H37F3N2O3Si/c1-17-8-9-18(14-22(17)26(2,3)4)24(35-36(6)7)23-16-31-10-11-32(23)25(33)19-12-20(27(28,29)30)15-21(13-19)34-5/h8-9,12-15,23-24,31,36H,10-11,16H2,1-7H3/t23-,24?/m1/s1. The van der Waals surface area contributed by atoms with Crippen molar-refractivity contribution in [2.75, 3.05) is 26.7 Å². The van der Waals surface area contributed by atoms with Gasteiger partial charge in [-0.2, -0.15) is 13.2 Å². The van der Waals surface area contributed by atoms with Crippen LogP contribution in [0.4, 0.5) is 13.2 Å². The van der Waals surface area contributed by atoms with Crippen molar-refractivity contribution in [3.8, 4) is 5.75 Å². The normalized spacial score (nSPS) is 17.9. The van der Waals surface area contributed by atoms with Gasteiger partial charge in [0.05, 0.1) is 24.8 Å². The molecule has 0 bridgehead atoms. The Morgan fingerprint density at radius 1 is 1.14 bits per heavy atom. The molecule has 1 aliphatic rings. The fraction of sp³-hybridized carbons (Fsp3) is 0.519. The van der Waals surface area contributed by atoms with E-state index < -0.39 is 32.8 Å². The molecule has 2 aromatic rings. The average molecular weight is 523 g/mol. The first-order chi connectivity index (χ1) is 16.7. The number of carbonyl (C=O) groups excluding carboxylic acids is 1. The summed E-state index contributed by atoms with van der Waals surface area (Å²) in [5.41, 5.74) is 2.32. The number of rotatable bonds is 6. The molecule has 0 saturated carbocycles. The van der Waals surface area contributed by atoms with Crippen LogP contribution in [0.25, 0.3) is 0 Å². The molecule has 0 aromatic heterocycles. The molecule has 1 amide bonds. The van der Waals surface area contributed by atoms with E-state index in [2.05, 4.69) is 58.2 Å². The average Bonchev–Trinajstić information content (AvgIpc) is 2.80. The van der Waals surface area contributed by atoms with Crippen molar-refractivity contribution in [1.29, 1.82) is 0 Å². The summed E-state index contributed by atoms with van der Waals surface area (Å²) in [4.78, 5) is 15.3. The number of hydrogen-bond acceptors (Lipinski definition) is 4. The summed E-state index contributed by atoms with van der Waals surface area (Å²) in [6.45, 7) is 14.1. The number of halogens is 3. The summed E-state index contributed by atoms with van der Waals surface area (Å²) in [5.74, 6) is -0.469. The number of carbonyl (C=O) groups is 1. The van der Waals surface area contributed by atoms with Crippen molar-refractivity contribution in [3.05, 3.63) is 64.2 Å². The Morgan fingerprint density at radius 2 is 1.83 bits per heavy atom. The largest absolute Gasteiger partial charge is 0.497 e. The maximum atomic E-state index is 13.7. The van der Waals surface area contributed by atoms with Gasteiger partial charge in [0.2, 0.25) is 0 Å². The van der Waals surface area contributed by atoms with Crippen molar-refractivity contribution >= 4 is 14.9 Å². The van der Waals surface area contributed by atoms with Crippen molar-refractivity contribution in [2.45, 2.75) is 64.5 Å². The fourth-order valence-corrected chi connectivity index (χ4v) is 5.65. The van der Waals surface area contributed by atoms with E-state index in [0.717, 1.165) is 17.7 Å². The highest BCUT2D eigenvalue weighted by molar-refractivity contribution is 6.48. The number of alkyl halides is 3. The highest BCUT2D eigenvalue weighted by atomic mass is 28.3. The summed E-state index contributed by atoms with van der Waals surface area (Å²) in [6.07, 6.45) is -4.99. The predicted molar refractivity (Wildman–Crippen MR) is 138 cm³/mol. The summed E-state index contributed by atoms with van der Waals surface area (Å²) in [7, 11) is -0.260. The van der Waals surface area contributed by atoms with Gasteiger partial charge in [0.1, 0.15) is 5.75 Å². The molecule has 1 N–H and O–H groups in total. The zero-order valence-corrected chi connectivity index (χ0v) is 23.3. The van der Waals surface area contributed by atoms with Crippen molar-refractivity contribution in [1.82, 2.24) is 10.2 Å². The van der Waals surface area contributed by atoms with Crippen molar-refractivity contribution in [2.24, 2.45) is 0 Å². The number of methoxy groups -OCH3 is 1. The minimum absolute atomic E-state index is 0.00407. The van der Waals surface area contributed by atoms with Crippen LogP contribution in [0.1, 0.15) is 59.5 Å². The monoisotopic (exact) mass is 522 g/mol. The van der Waals surface area contributed by atoms with Gasteiger partial charge in [-0.25, -0.2) is 0 Å². The van der Waals surface area contributed by atoms with Gasteiger partial charge in [-0.1, -0.05) is 39.0 Å². The third-order valence-corrected chi connectivity index (χ3v) is 7.26. The van der Waals surface area contributed by atoms with Crippen LogP contribution in [-0.2, 0) is 16.0 Å². The predicted octanol–water partition coefficient (Wildman–Crippen LogP) is 5.48. The van der Waals surface area contributed by atoms with E-state index in [1.54, 1.807) is 4.90 Å². The van der Waals surface area contributed by atoms with Crippen LogP contribution in [0, 0.1) is 6.92 Å². The number of nitrogens with one attached hydrogen (secondary N) is 1. The molecule has 0 aliphatic carbocycles. The lowest BCUT2D eigenvalue weighted by Crippen LogP contribution is -2.56. The van der Waals surface area contributed by atoms with Crippen LogP contribution < -0.4 is 10.1 Å². The maximum absolute atomic E-state index is 13.7. The molecule has 1 saturated heterocycles. The molecular formula is C27H37F3N2O3Si. The van der Waals surface area contributed by atoms with Crippen LogP contribution in [0.5, 0.6) is 5.75 Å². The molecule has 2 aromatic carbocycles. The lowest BCUT2D eigenvalue weighted by molar-refractivity contribution is -0.137. The van der Waals surface area contributed by atoms with E-state index >= 15 is 0 Å². The first kappa shape index (κ1) is 28.2. The molecule has 1 aliphatic heterocycles. The molecule has 0 radical (unpaired) electrons. The van der Waals surface area contributed by atoms with Crippen LogP contribution in [0.15, 0.2) is 36.4 Å². The maximum Gasteiger partial charge on any atom is 0.416 e. The molecule has 198 valence electrons. The van der Waals surface area contributed by atoms with Gasteiger partial charge in [0.15, 0.2) is 9.04 Å². The Balaban J connectivity index is 2.06. The quantitative estimate of drug-likeness (QED) is 0.511. The molecule has 1 fully saturated rings. The van der Waals surface area contributed by atoms with E-state index in [-0.39, 0.29) is 22.8 Å². The highest BCUT2D eigenvalue weighted by Gasteiger charge is 2.37. The van der Waals surface area contributed by atoms with Gasteiger partial charge < -0.3 is 19.4 Å². The van der Waals surface area contributed by atoms with Crippen LogP contribution in [0.2, 0.25) is 13.1 Å². The van der Waals surface area contributed by atoms with Gasteiger partial charge in [-0.05, 0) is 60.3 Å². The van der Waals surface area contributed by atoms with Crippen LogP contribution in [-0.4, -0.2) is 52.6 Å². The molecule has 5 nitrogen and oxygen atoms in total. The minimum atomic E-state index is -4.59. The Kier molecular flexibility index (Phi) is 8.58. The number of ether oxygens (including phenoxy) is 1. The first-order valence-electron chi connectivity index (χ1n) is 12.3. The zero-order chi connectivity index (χ0) is 26.8. The minimum Gasteiger partial charge on any atom is -0.497 e. The molecule has 2 atom stereocenters. The third-order valence-electron chi connectivity index (χ3n) is 6.43. The van der Waals surface area contributed by atoms with E-state index in [1.165, 1.54) is 24.3 Å². The topological polar surface area (TPSA) is 50.8 Å². The third kappa shape index (κ3) is 6.49. The van der Waals surface area contributed by atoms with Crippen LogP contribution in [0.3, 0.4) is 0 Å². The highest BCUT2D eigenvalue weighted by Crippen LogP contribution is 2.35. The molecule has 9 heteroatoms. The van der Waals surface area contributed by atoms with Gasteiger partial charge in [0, 0.05) is 25.2 Å². The Labute approximate surface area is 213 Å². The summed E-state index contributed by atoms with van der Waals surface area (Å²) in [6, 6.07) is 9.07. The fourth-order valence-electron chi connectivity index (χ4n) is 4.73. The summed E-state index contributed by atoms with van der Waals surface area (Å²) < 4.78 is 52.2. The van der Waals surface area contributed by atoms with E-state index in [0.29, 0.717) is 19.6 Å². The molecule has 1 heterocycles. The summed E-state index contributed by atoms with van der Waals surface area (Å²) >= 11 is 0. The molecule has 36 heavy (non-hydrogen) atoms. The smallest absolute Gasteiger partial charge is 0.416 e. The van der Waals surface area contributed by atoms with E-state index in [1.807, 2.05) is 6.07 Å². The molecule has 3 rings (SSSR count). The van der Waals surface area contributed by atoms with E-state index in [9.17, 15) is 18.0 Å². The van der Waals surface area contributed by atoms with Crippen molar-refractivity contribution in [3.63, 3.8) is 0 Å². The lowest BCUT2D eigenvalue weighted by atomic mass is 9.82. The molecule has 0 spiro atoms. The second kappa shape index (κ2) is 10.9. The number of amides is 1. The number of piperazine rings is 1.